The Balaban J connectivity index is 3.46. The molecule has 0 heterocycles. The van der Waals surface area contributed by atoms with Gasteiger partial charge >= 0.3 is 0 Å². The Hall–Kier alpha value is -0.520. The molecule has 0 aromatic carbocycles. The number of hydrogen-bond donors (Lipinski definition) is 0. The molecule has 0 saturated heterocycles. The summed E-state index contributed by atoms with van der Waals surface area (Å²) in [6.07, 6.45) is 10.9. The van der Waals surface area contributed by atoms with Crippen LogP contribution in [0.2, 0.25) is 0 Å². The summed E-state index contributed by atoms with van der Waals surface area (Å²) in [6.45, 7) is 10.4. The molecule has 0 bridgehead atoms. The van der Waals surface area contributed by atoms with Gasteiger partial charge in [-0.1, -0.05) is 45.1 Å². The van der Waals surface area contributed by atoms with Gasteiger partial charge in [-0.3, -0.25) is 0 Å². The van der Waals surface area contributed by atoms with Crippen molar-refractivity contribution in [2.75, 3.05) is 0 Å². The first-order chi connectivity index (χ1) is 5.66. The Labute approximate surface area is 77.4 Å². The van der Waals surface area contributed by atoms with Gasteiger partial charge in [-0.05, 0) is 31.6 Å². The van der Waals surface area contributed by atoms with E-state index in [-0.39, 0.29) is 0 Å². The Morgan fingerprint density at radius 2 is 1.67 bits per heavy atom. The van der Waals surface area contributed by atoms with E-state index < -0.39 is 0 Å². The molecule has 0 N–H and O–H groups in total. The second kappa shape index (κ2) is 7.15. The maximum atomic E-state index is 3.68. The predicted octanol–water partition coefficient (Wildman–Crippen LogP) is 4.01. The molecule has 69 valence electrons. The van der Waals surface area contributed by atoms with E-state index in [0.29, 0.717) is 5.92 Å². The summed E-state index contributed by atoms with van der Waals surface area (Å²) < 4.78 is 0. The van der Waals surface area contributed by atoms with Crippen molar-refractivity contribution in [1.82, 2.24) is 0 Å². The molecule has 0 nitrogen and oxygen atoms in total. The summed E-state index contributed by atoms with van der Waals surface area (Å²) in [7, 11) is 0. The van der Waals surface area contributed by atoms with Gasteiger partial charge in [0.05, 0.1) is 0 Å². The Kier molecular flexibility index (Phi) is 6.84. The van der Waals surface area contributed by atoms with Crippen LogP contribution in [0.5, 0.6) is 0 Å². The fourth-order valence-corrected chi connectivity index (χ4v) is 0.990. The summed E-state index contributed by atoms with van der Waals surface area (Å²) in [4.78, 5) is 0. The second-order valence-corrected chi connectivity index (χ2v) is 3.74. The Morgan fingerprint density at radius 3 is 2.17 bits per heavy atom. The zero-order valence-electron chi connectivity index (χ0n) is 8.59. The number of rotatable bonds is 5. The van der Waals surface area contributed by atoms with E-state index in [2.05, 4.69) is 45.9 Å². The van der Waals surface area contributed by atoms with Crippen molar-refractivity contribution in [3.63, 3.8) is 0 Å². The molecule has 0 aliphatic carbocycles. The molecule has 1 unspecified atom stereocenters. The quantitative estimate of drug-likeness (QED) is 0.540. The van der Waals surface area contributed by atoms with Crippen molar-refractivity contribution in [3.05, 3.63) is 31.2 Å². The van der Waals surface area contributed by atoms with Crippen LogP contribution in [0.4, 0.5) is 0 Å². The minimum atomic E-state index is 0.630. The van der Waals surface area contributed by atoms with Gasteiger partial charge in [-0.25, -0.2) is 0 Å². The van der Waals surface area contributed by atoms with E-state index in [1.807, 2.05) is 6.08 Å². The number of allylic oxidation sites excluding steroid dienone is 4. The highest BCUT2D eigenvalue weighted by Crippen LogP contribution is 2.06. The normalized spacial score (nSPS) is 15.1. The highest BCUT2D eigenvalue weighted by atomic mass is 14.0. The van der Waals surface area contributed by atoms with Gasteiger partial charge in [0.25, 0.3) is 0 Å². The lowest BCUT2D eigenvalue weighted by Gasteiger charge is -2.00. The molecule has 1 atom stereocenters. The minimum Gasteiger partial charge on any atom is -0.0883 e. The molecule has 0 rings (SSSR count). The summed E-state index contributed by atoms with van der Waals surface area (Å²) >= 11 is 0. The first-order valence-electron chi connectivity index (χ1n) is 4.77. The zero-order valence-corrected chi connectivity index (χ0v) is 8.59. The first-order valence-corrected chi connectivity index (χ1v) is 4.77. The van der Waals surface area contributed by atoms with Crippen LogP contribution in [0.25, 0.3) is 0 Å². The van der Waals surface area contributed by atoms with Crippen LogP contribution in [0.3, 0.4) is 0 Å². The summed E-state index contributed by atoms with van der Waals surface area (Å²) in [5.74, 6) is 1.41. The molecular formula is C12H21. The molecule has 0 saturated carbocycles. The topological polar surface area (TPSA) is 0 Å². The molecule has 0 aromatic heterocycles. The molecule has 0 aliphatic rings. The molecule has 0 spiro atoms. The van der Waals surface area contributed by atoms with E-state index in [0.717, 1.165) is 12.3 Å². The van der Waals surface area contributed by atoms with Crippen LogP contribution in [0.1, 0.15) is 33.6 Å². The maximum Gasteiger partial charge on any atom is -0.0227 e. The summed E-state index contributed by atoms with van der Waals surface area (Å²) in [6, 6.07) is 0. The van der Waals surface area contributed by atoms with Crippen molar-refractivity contribution in [3.8, 4) is 0 Å². The van der Waals surface area contributed by atoms with Gasteiger partial charge in [-0.15, -0.1) is 0 Å². The number of hydrogen-bond acceptors (Lipinski definition) is 0. The monoisotopic (exact) mass is 165 g/mol. The fraction of sp³-hybridized carbons (Fsp3) is 0.583. The van der Waals surface area contributed by atoms with E-state index in [1.54, 1.807) is 0 Å². The second-order valence-electron chi connectivity index (χ2n) is 3.74. The van der Waals surface area contributed by atoms with Crippen molar-refractivity contribution < 1.29 is 0 Å². The minimum absolute atomic E-state index is 0.630. The molecule has 0 aromatic rings. The van der Waals surface area contributed by atoms with Crippen molar-refractivity contribution >= 4 is 0 Å². The van der Waals surface area contributed by atoms with E-state index in [4.69, 9.17) is 0 Å². The van der Waals surface area contributed by atoms with Crippen molar-refractivity contribution in [2.45, 2.75) is 33.6 Å². The highest BCUT2D eigenvalue weighted by molar-refractivity contribution is 4.93. The zero-order chi connectivity index (χ0) is 9.40. The average molecular weight is 165 g/mol. The molecule has 0 aliphatic heterocycles. The smallest absolute Gasteiger partial charge is 0.0227 e. The molecule has 1 radical (unpaired) electrons. The first kappa shape index (κ1) is 11.5. The van der Waals surface area contributed by atoms with E-state index in [1.165, 1.54) is 6.42 Å². The Bertz CT molecular complexity index is 140. The molecule has 12 heavy (non-hydrogen) atoms. The van der Waals surface area contributed by atoms with Gasteiger partial charge in [-0.2, -0.15) is 0 Å². The average Bonchev–Trinajstić information content (AvgIpc) is 1.98. The Morgan fingerprint density at radius 1 is 1.08 bits per heavy atom. The van der Waals surface area contributed by atoms with Crippen molar-refractivity contribution in [1.29, 1.82) is 0 Å². The van der Waals surface area contributed by atoms with Gasteiger partial charge in [0.1, 0.15) is 0 Å². The third-order valence-electron chi connectivity index (χ3n) is 1.75. The third-order valence-corrected chi connectivity index (χ3v) is 1.75. The van der Waals surface area contributed by atoms with Gasteiger partial charge < -0.3 is 0 Å². The van der Waals surface area contributed by atoms with Gasteiger partial charge in [0.15, 0.2) is 0 Å². The standard InChI is InChI=1S/C12H21/c1-5-8-12(4)10-7-6-9-11(2)3/h5-8,11-12H,1,9-10H2,2-4H3. The lowest BCUT2D eigenvalue weighted by Crippen LogP contribution is -1.86. The predicted molar refractivity (Wildman–Crippen MR) is 56.9 cm³/mol. The largest absolute Gasteiger partial charge is 0.0883 e. The van der Waals surface area contributed by atoms with Gasteiger partial charge in [0.2, 0.25) is 0 Å². The van der Waals surface area contributed by atoms with E-state index in [9.17, 15) is 0 Å². The summed E-state index contributed by atoms with van der Waals surface area (Å²) in [5.41, 5.74) is 0. The van der Waals surface area contributed by atoms with Gasteiger partial charge in [0, 0.05) is 0 Å². The van der Waals surface area contributed by atoms with E-state index >= 15 is 0 Å². The van der Waals surface area contributed by atoms with Crippen LogP contribution in [-0.2, 0) is 0 Å². The van der Waals surface area contributed by atoms with Crippen LogP contribution in [-0.4, -0.2) is 0 Å². The lowest BCUT2D eigenvalue weighted by molar-refractivity contribution is 0.658. The SMILES string of the molecule is [CH2]C=CC(C)CC=CCC(C)C. The van der Waals surface area contributed by atoms with Crippen LogP contribution >= 0.6 is 0 Å². The molecule has 0 fully saturated rings. The highest BCUT2D eigenvalue weighted by Gasteiger charge is 1.91. The van der Waals surface area contributed by atoms with Crippen LogP contribution in [0.15, 0.2) is 24.3 Å². The maximum absolute atomic E-state index is 3.68. The molecule has 0 amide bonds. The molecule has 0 heteroatoms. The van der Waals surface area contributed by atoms with Crippen molar-refractivity contribution in [2.24, 2.45) is 11.8 Å². The lowest BCUT2D eigenvalue weighted by atomic mass is 10.1. The van der Waals surface area contributed by atoms with Crippen LogP contribution in [0, 0.1) is 18.8 Å². The molecular weight excluding hydrogens is 144 g/mol. The summed E-state index contributed by atoms with van der Waals surface area (Å²) in [5, 5.41) is 0. The fourth-order valence-electron chi connectivity index (χ4n) is 0.990. The third kappa shape index (κ3) is 7.59. The van der Waals surface area contributed by atoms with Crippen LogP contribution < -0.4 is 0 Å².